The van der Waals surface area contributed by atoms with Gasteiger partial charge in [-0.3, -0.25) is 14.4 Å². The zero-order valence-electron chi connectivity index (χ0n) is 25.4. The van der Waals surface area contributed by atoms with Crippen molar-refractivity contribution in [2.45, 2.75) is 89.4 Å². The number of carbonyl (C=O) groups is 3. The Hall–Kier alpha value is -3.23. The monoisotopic (exact) mass is 576 g/mol. The summed E-state index contributed by atoms with van der Waals surface area (Å²) in [7, 11) is 0. The lowest BCUT2D eigenvalue weighted by atomic mass is 9.81. The van der Waals surface area contributed by atoms with E-state index in [1.165, 1.54) is 19.8 Å². The highest BCUT2D eigenvalue weighted by atomic mass is 16.3. The Balaban J connectivity index is 1.56. The van der Waals surface area contributed by atoms with Gasteiger partial charge in [0.2, 0.25) is 17.7 Å². The Morgan fingerprint density at radius 1 is 1.05 bits per heavy atom. The molecule has 0 bridgehead atoms. The molecule has 0 spiro atoms. The van der Waals surface area contributed by atoms with Crippen molar-refractivity contribution in [1.29, 1.82) is 0 Å². The van der Waals surface area contributed by atoms with Crippen LogP contribution in [0.3, 0.4) is 0 Å². The summed E-state index contributed by atoms with van der Waals surface area (Å²) < 4.78 is 0. The molecule has 0 radical (unpaired) electrons. The van der Waals surface area contributed by atoms with Gasteiger partial charge in [-0.1, -0.05) is 80.9 Å². The van der Waals surface area contributed by atoms with Gasteiger partial charge in [-0.05, 0) is 68.0 Å². The quantitative estimate of drug-likeness (QED) is 0.245. The van der Waals surface area contributed by atoms with Gasteiger partial charge < -0.3 is 26.0 Å². The third-order valence-corrected chi connectivity index (χ3v) is 9.04. The number of rotatable bonds is 16. The minimum Gasteiger partial charge on any atom is -0.390 e. The van der Waals surface area contributed by atoms with Gasteiger partial charge in [0.1, 0.15) is 11.6 Å². The number of aryl methyl sites for hydroxylation is 1. The average Bonchev–Trinajstić information content (AvgIpc) is 3.76. The second-order valence-electron chi connectivity index (χ2n) is 12.2. The summed E-state index contributed by atoms with van der Waals surface area (Å²) >= 11 is 0. The van der Waals surface area contributed by atoms with Crippen molar-refractivity contribution in [1.82, 2.24) is 20.9 Å². The molecule has 2 aromatic carbocycles. The summed E-state index contributed by atoms with van der Waals surface area (Å²) in [6, 6.07) is 18.5. The van der Waals surface area contributed by atoms with Crippen molar-refractivity contribution in [3.63, 3.8) is 0 Å². The molecule has 1 saturated heterocycles. The molecule has 8 heteroatoms. The van der Waals surface area contributed by atoms with Crippen LogP contribution in [-0.2, 0) is 27.2 Å². The molecule has 4 N–H and O–H groups in total. The molecule has 4 rings (SSSR count). The van der Waals surface area contributed by atoms with E-state index in [1.807, 2.05) is 74.5 Å². The zero-order valence-corrected chi connectivity index (χ0v) is 25.4. The van der Waals surface area contributed by atoms with Crippen molar-refractivity contribution in [2.75, 3.05) is 19.6 Å². The second-order valence-corrected chi connectivity index (χ2v) is 12.2. The van der Waals surface area contributed by atoms with Gasteiger partial charge in [0.15, 0.2) is 0 Å². The molecule has 5 atom stereocenters. The lowest BCUT2D eigenvalue weighted by Crippen LogP contribution is -2.60. The molecule has 2 aliphatic rings. The van der Waals surface area contributed by atoms with E-state index in [0.717, 1.165) is 24.1 Å². The topological polar surface area (TPSA) is 111 Å². The van der Waals surface area contributed by atoms with Crippen molar-refractivity contribution in [3.8, 4) is 0 Å². The normalized spacial score (nSPS) is 21.4. The number of hydrogen-bond donors (Lipinski definition) is 4. The SMILES string of the molecule is CC[C@H](C)C1(NC(C)=O)CCN([C@@H](CCc2ccccc2)C(=O)N[C@@H](Cc2ccccc2)[C@H](O)CNCC2CC2)C1=O. The number of likely N-dealkylation sites (tertiary alicyclic amines) is 1. The smallest absolute Gasteiger partial charge is 0.249 e. The fourth-order valence-corrected chi connectivity index (χ4v) is 6.12. The van der Waals surface area contributed by atoms with Crippen LogP contribution in [0.5, 0.6) is 0 Å². The van der Waals surface area contributed by atoms with Gasteiger partial charge >= 0.3 is 0 Å². The van der Waals surface area contributed by atoms with Crippen LogP contribution >= 0.6 is 0 Å². The highest BCUT2D eigenvalue weighted by molar-refractivity contribution is 5.96. The van der Waals surface area contributed by atoms with Crippen molar-refractivity contribution >= 4 is 17.7 Å². The molecule has 2 fully saturated rings. The van der Waals surface area contributed by atoms with Gasteiger partial charge in [-0.2, -0.15) is 0 Å². The van der Waals surface area contributed by atoms with E-state index in [1.54, 1.807) is 4.90 Å². The highest BCUT2D eigenvalue weighted by Crippen LogP contribution is 2.34. The lowest BCUT2D eigenvalue weighted by Gasteiger charge is -2.36. The van der Waals surface area contributed by atoms with E-state index in [0.29, 0.717) is 44.7 Å². The Labute approximate surface area is 250 Å². The number of benzene rings is 2. The van der Waals surface area contributed by atoms with E-state index in [2.05, 4.69) is 16.0 Å². The number of hydrogen-bond acceptors (Lipinski definition) is 5. The van der Waals surface area contributed by atoms with Gasteiger partial charge in [-0.15, -0.1) is 0 Å². The Kier molecular flexibility index (Phi) is 11.2. The fourth-order valence-electron chi connectivity index (χ4n) is 6.12. The standard InChI is InChI=1S/C34H48N4O4/c1-4-24(2)34(37-25(3)39)19-20-38(33(34)42)30(18-17-26-11-7-5-8-12-26)32(41)36-29(21-27-13-9-6-10-14-27)31(40)23-35-22-28-15-16-28/h5-14,24,28-31,35,40H,4,15-23H2,1-3H3,(H,36,41)(H,37,39)/t24-,29-,30-,31+,34?/m0/s1. The maximum atomic E-state index is 14.1. The largest absolute Gasteiger partial charge is 0.390 e. The van der Waals surface area contributed by atoms with E-state index in [-0.39, 0.29) is 23.6 Å². The Morgan fingerprint density at radius 3 is 2.29 bits per heavy atom. The third kappa shape index (κ3) is 8.19. The number of amides is 3. The summed E-state index contributed by atoms with van der Waals surface area (Å²) in [5, 5.41) is 20.7. The minimum absolute atomic E-state index is 0.0815. The molecule has 1 aliphatic carbocycles. The molecule has 1 saturated carbocycles. The molecular weight excluding hydrogens is 528 g/mol. The van der Waals surface area contributed by atoms with E-state index >= 15 is 0 Å². The minimum atomic E-state index is -1.03. The summed E-state index contributed by atoms with van der Waals surface area (Å²) in [5.41, 5.74) is 1.08. The summed E-state index contributed by atoms with van der Waals surface area (Å²) in [4.78, 5) is 42.1. The van der Waals surface area contributed by atoms with E-state index in [4.69, 9.17) is 0 Å². The molecule has 1 heterocycles. The number of carbonyl (C=O) groups excluding carboxylic acids is 3. The predicted octanol–water partition coefficient (Wildman–Crippen LogP) is 3.23. The van der Waals surface area contributed by atoms with Crippen molar-refractivity contribution in [3.05, 3.63) is 71.8 Å². The van der Waals surface area contributed by atoms with Crippen LogP contribution in [0.25, 0.3) is 0 Å². The molecule has 1 aliphatic heterocycles. The first kappa shape index (κ1) is 31.7. The van der Waals surface area contributed by atoms with Crippen molar-refractivity contribution < 1.29 is 19.5 Å². The first-order chi connectivity index (χ1) is 20.2. The maximum Gasteiger partial charge on any atom is 0.249 e. The van der Waals surface area contributed by atoms with Crippen LogP contribution in [-0.4, -0.2) is 71.1 Å². The average molecular weight is 577 g/mol. The zero-order chi connectivity index (χ0) is 30.1. The maximum absolute atomic E-state index is 14.1. The number of nitrogens with one attached hydrogen (secondary N) is 3. The van der Waals surface area contributed by atoms with E-state index in [9.17, 15) is 19.5 Å². The van der Waals surface area contributed by atoms with Crippen LogP contribution in [0.2, 0.25) is 0 Å². The molecule has 228 valence electrons. The first-order valence-corrected chi connectivity index (χ1v) is 15.6. The number of aliphatic hydroxyl groups excluding tert-OH is 1. The molecular formula is C34H48N4O4. The highest BCUT2D eigenvalue weighted by Gasteiger charge is 2.53. The second kappa shape index (κ2) is 14.8. The Bertz CT molecular complexity index is 1170. The fraction of sp³-hybridized carbons (Fsp3) is 0.559. The predicted molar refractivity (Wildman–Crippen MR) is 165 cm³/mol. The van der Waals surface area contributed by atoms with Gasteiger partial charge in [0.05, 0.1) is 12.1 Å². The molecule has 0 aromatic heterocycles. The van der Waals surface area contributed by atoms with Crippen LogP contribution in [0.4, 0.5) is 0 Å². The van der Waals surface area contributed by atoms with Crippen molar-refractivity contribution in [2.24, 2.45) is 11.8 Å². The number of nitrogens with zero attached hydrogens (tertiary/aromatic N) is 1. The molecule has 1 unspecified atom stereocenters. The Morgan fingerprint density at radius 2 is 1.69 bits per heavy atom. The van der Waals surface area contributed by atoms with Gasteiger partial charge in [0, 0.05) is 20.0 Å². The van der Waals surface area contributed by atoms with E-state index < -0.39 is 23.7 Å². The molecule has 8 nitrogen and oxygen atoms in total. The number of aliphatic hydroxyl groups is 1. The molecule has 42 heavy (non-hydrogen) atoms. The third-order valence-electron chi connectivity index (χ3n) is 9.04. The molecule has 2 aromatic rings. The summed E-state index contributed by atoms with van der Waals surface area (Å²) in [6.07, 6.45) is 4.35. The van der Waals surface area contributed by atoms with Crippen LogP contribution < -0.4 is 16.0 Å². The van der Waals surface area contributed by atoms with Gasteiger partial charge in [-0.25, -0.2) is 0 Å². The van der Waals surface area contributed by atoms with Crippen LogP contribution in [0.15, 0.2) is 60.7 Å². The summed E-state index contributed by atoms with van der Waals surface area (Å²) in [5.74, 6) is -0.129. The van der Waals surface area contributed by atoms with Crippen LogP contribution in [0.1, 0.15) is 64.0 Å². The van der Waals surface area contributed by atoms with Crippen LogP contribution in [0, 0.1) is 11.8 Å². The summed E-state index contributed by atoms with van der Waals surface area (Å²) in [6.45, 7) is 7.06. The lowest BCUT2D eigenvalue weighted by molar-refractivity contribution is -0.144. The first-order valence-electron chi connectivity index (χ1n) is 15.6. The van der Waals surface area contributed by atoms with Gasteiger partial charge in [0.25, 0.3) is 0 Å². The molecule has 3 amide bonds.